The summed E-state index contributed by atoms with van der Waals surface area (Å²) in [5.41, 5.74) is 1.03. The van der Waals surface area contributed by atoms with E-state index < -0.39 is 10.0 Å². The lowest BCUT2D eigenvalue weighted by Crippen LogP contribution is -2.27. The van der Waals surface area contributed by atoms with Gasteiger partial charge in [-0.1, -0.05) is 12.1 Å². The van der Waals surface area contributed by atoms with Gasteiger partial charge in [-0.05, 0) is 64.9 Å². The van der Waals surface area contributed by atoms with Gasteiger partial charge < -0.3 is 4.74 Å². The van der Waals surface area contributed by atoms with Gasteiger partial charge in [0.25, 0.3) is 0 Å². The smallest absolute Gasteiger partial charge is 0.244 e. The SMILES string of the molecule is COc1ccc(Cn2nnnc2Sc2ccc(S(=O)(=O)N3CCCC3)cn2)cc1. The zero-order chi connectivity index (χ0) is 20.3. The van der Waals surface area contributed by atoms with Crippen LogP contribution in [0.2, 0.25) is 0 Å². The van der Waals surface area contributed by atoms with Crippen LogP contribution in [0.4, 0.5) is 0 Å². The molecule has 1 fully saturated rings. The molecule has 0 N–H and O–H groups in total. The average molecular weight is 433 g/mol. The second-order valence-electron chi connectivity index (χ2n) is 6.51. The number of pyridine rings is 1. The summed E-state index contributed by atoms with van der Waals surface area (Å²) in [4.78, 5) is 4.50. The lowest BCUT2D eigenvalue weighted by atomic mass is 10.2. The van der Waals surface area contributed by atoms with Crippen molar-refractivity contribution in [3.05, 3.63) is 48.2 Å². The Morgan fingerprint density at radius 2 is 1.86 bits per heavy atom. The Kier molecular flexibility index (Phi) is 5.79. The molecule has 0 aliphatic carbocycles. The van der Waals surface area contributed by atoms with Gasteiger partial charge in [-0.25, -0.2) is 18.1 Å². The Labute approximate surface area is 173 Å². The lowest BCUT2D eigenvalue weighted by Gasteiger charge is -2.15. The molecule has 11 heteroatoms. The number of rotatable bonds is 7. The van der Waals surface area contributed by atoms with Crippen molar-refractivity contribution in [3.8, 4) is 5.75 Å². The highest BCUT2D eigenvalue weighted by Crippen LogP contribution is 2.26. The molecule has 3 heterocycles. The summed E-state index contributed by atoms with van der Waals surface area (Å²) in [5, 5.41) is 13.0. The van der Waals surface area contributed by atoms with Crippen molar-refractivity contribution < 1.29 is 13.2 Å². The molecule has 2 aromatic heterocycles. The van der Waals surface area contributed by atoms with Crippen LogP contribution in [-0.2, 0) is 16.6 Å². The number of ether oxygens (including phenoxy) is 1. The maximum atomic E-state index is 12.6. The molecule has 4 rings (SSSR count). The first-order valence-electron chi connectivity index (χ1n) is 9.09. The molecule has 29 heavy (non-hydrogen) atoms. The summed E-state index contributed by atoms with van der Waals surface area (Å²) in [6, 6.07) is 10.9. The standard InChI is InChI=1S/C18H20N6O3S2/c1-27-15-6-4-14(5-7-15)13-24-18(20-21-22-24)28-17-9-8-16(12-19-17)29(25,26)23-10-2-3-11-23/h4-9,12H,2-3,10-11,13H2,1H3. The van der Waals surface area contributed by atoms with Crippen molar-refractivity contribution in [2.24, 2.45) is 0 Å². The first-order valence-corrected chi connectivity index (χ1v) is 11.3. The molecule has 0 radical (unpaired) electrons. The normalized spacial score (nSPS) is 14.9. The summed E-state index contributed by atoms with van der Waals surface area (Å²) >= 11 is 1.28. The van der Waals surface area contributed by atoms with E-state index in [0.717, 1.165) is 24.2 Å². The van der Waals surface area contributed by atoms with E-state index in [2.05, 4.69) is 20.5 Å². The van der Waals surface area contributed by atoms with Gasteiger partial charge >= 0.3 is 0 Å². The summed E-state index contributed by atoms with van der Waals surface area (Å²) in [7, 11) is -1.84. The minimum absolute atomic E-state index is 0.210. The molecule has 9 nitrogen and oxygen atoms in total. The van der Waals surface area contributed by atoms with E-state index in [1.165, 1.54) is 22.3 Å². The van der Waals surface area contributed by atoms with Gasteiger partial charge in [0.05, 0.1) is 13.7 Å². The van der Waals surface area contributed by atoms with Crippen LogP contribution >= 0.6 is 11.8 Å². The molecule has 3 aromatic rings. The molecular formula is C18H20N6O3S2. The van der Waals surface area contributed by atoms with E-state index in [1.807, 2.05) is 24.3 Å². The third-order valence-electron chi connectivity index (χ3n) is 4.60. The third-order valence-corrected chi connectivity index (χ3v) is 7.41. The van der Waals surface area contributed by atoms with Crippen molar-refractivity contribution in [1.29, 1.82) is 0 Å². The maximum absolute atomic E-state index is 12.6. The van der Waals surface area contributed by atoms with E-state index in [4.69, 9.17) is 4.74 Å². The zero-order valence-electron chi connectivity index (χ0n) is 15.8. The predicted molar refractivity (Wildman–Crippen MR) is 106 cm³/mol. The van der Waals surface area contributed by atoms with Crippen molar-refractivity contribution in [2.45, 2.75) is 34.5 Å². The fourth-order valence-electron chi connectivity index (χ4n) is 3.02. The molecule has 152 valence electrons. The van der Waals surface area contributed by atoms with Gasteiger partial charge in [-0.3, -0.25) is 0 Å². The summed E-state index contributed by atoms with van der Waals surface area (Å²) in [5.74, 6) is 0.785. The minimum Gasteiger partial charge on any atom is -0.497 e. The summed E-state index contributed by atoms with van der Waals surface area (Å²) < 4.78 is 33.5. The highest BCUT2D eigenvalue weighted by molar-refractivity contribution is 7.99. The molecule has 0 spiro atoms. The molecule has 1 aromatic carbocycles. The molecule has 0 saturated carbocycles. The number of hydrogen-bond acceptors (Lipinski definition) is 8. The second kappa shape index (κ2) is 8.47. The Balaban J connectivity index is 1.46. The van der Waals surface area contributed by atoms with Crippen molar-refractivity contribution in [3.63, 3.8) is 0 Å². The number of tetrazole rings is 1. The first-order chi connectivity index (χ1) is 14.1. The quantitative estimate of drug-likeness (QED) is 0.559. The van der Waals surface area contributed by atoms with Crippen LogP contribution < -0.4 is 4.74 Å². The van der Waals surface area contributed by atoms with E-state index in [1.54, 1.807) is 23.9 Å². The molecule has 1 saturated heterocycles. The topological polar surface area (TPSA) is 103 Å². The highest BCUT2D eigenvalue weighted by atomic mass is 32.2. The van der Waals surface area contributed by atoms with E-state index in [-0.39, 0.29) is 4.90 Å². The molecule has 1 aliphatic heterocycles. The van der Waals surface area contributed by atoms with Crippen LogP contribution in [0.25, 0.3) is 0 Å². The zero-order valence-corrected chi connectivity index (χ0v) is 17.4. The van der Waals surface area contributed by atoms with Crippen molar-refractivity contribution in [2.75, 3.05) is 20.2 Å². The second-order valence-corrected chi connectivity index (χ2v) is 9.44. The van der Waals surface area contributed by atoms with Gasteiger partial charge in [0.1, 0.15) is 15.7 Å². The van der Waals surface area contributed by atoms with Crippen LogP contribution in [0, 0.1) is 0 Å². The highest BCUT2D eigenvalue weighted by Gasteiger charge is 2.27. The fourth-order valence-corrected chi connectivity index (χ4v) is 5.20. The minimum atomic E-state index is -3.47. The largest absolute Gasteiger partial charge is 0.497 e. The van der Waals surface area contributed by atoms with Crippen LogP contribution in [0.1, 0.15) is 18.4 Å². The molecular weight excluding hydrogens is 412 g/mol. The van der Waals surface area contributed by atoms with Crippen LogP contribution in [0.5, 0.6) is 5.75 Å². The summed E-state index contributed by atoms with van der Waals surface area (Å²) in [6.07, 6.45) is 3.20. The fraction of sp³-hybridized carbons (Fsp3) is 0.333. The van der Waals surface area contributed by atoms with Gasteiger partial charge in [0, 0.05) is 19.3 Å². The van der Waals surface area contributed by atoms with E-state index in [9.17, 15) is 8.42 Å². The monoisotopic (exact) mass is 432 g/mol. The van der Waals surface area contributed by atoms with Gasteiger partial charge in [0.15, 0.2) is 0 Å². The van der Waals surface area contributed by atoms with Crippen LogP contribution in [0.15, 0.2) is 57.7 Å². The number of aromatic nitrogens is 5. The Morgan fingerprint density at radius 1 is 1.10 bits per heavy atom. The van der Waals surface area contributed by atoms with Crippen LogP contribution in [-0.4, -0.2) is 58.1 Å². The first kappa shape index (κ1) is 19.8. The van der Waals surface area contributed by atoms with E-state index in [0.29, 0.717) is 29.8 Å². The van der Waals surface area contributed by atoms with Crippen molar-refractivity contribution >= 4 is 21.8 Å². The number of methoxy groups -OCH3 is 1. The Morgan fingerprint density at radius 3 is 2.52 bits per heavy atom. The molecule has 1 aliphatic rings. The molecule has 0 bridgehead atoms. The number of hydrogen-bond donors (Lipinski definition) is 0. The van der Waals surface area contributed by atoms with Crippen molar-refractivity contribution in [1.82, 2.24) is 29.5 Å². The molecule has 0 unspecified atom stereocenters. The lowest BCUT2D eigenvalue weighted by molar-refractivity contribution is 0.414. The van der Waals surface area contributed by atoms with Gasteiger partial charge in [0.2, 0.25) is 15.2 Å². The number of sulfonamides is 1. The van der Waals surface area contributed by atoms with E-state index >= 15 is 0 Å². The van der Waals surface area contributed by atoms with Gasteiger partial charge in [-0.15, -0.1) is 5.10 Å². The molecule has 0 amide bonds. The molecule has 0 atom stereocenters. The number of benzene rings is 1. The Hall–Kier alpha value is -2.50. The Bertz CT molecular complexity index is 1060. The van der Waals surface area contributed by atoms with Gasteiger partial charge in [-0.2, -0.15) is 4.31 Å². The third kappa shape index (κ3) is 4.41. The average Bonchev–Trinajstić information content (AvgIpc) is 3.42. The summed E-state index contributed by atoms with van der Waals surface area (Å²) in [6.45, 7) is 1.64. The maximum Gasteiger partial charge on any atom is 0.244 e. The number of nitrogens with zero attached hydrogens (tertiary/aromatic N) is 6. The predicted octanol–water partition coefficient (Wildman–Crippen LogP) is 2.06. The van der Waals surface area contributed by atoms with Crippen LogP contribution in [0.3, 0.4) is 0 Å².